The van der Waals surface area contributed by atoms with E-state index in [0.29, 0.717) is 27.9 Å². The molecule has 5 nitrogen and oxygen atoms in total. The van der Waals surface area contributed by atoms with Gasteiger partial charge >= 0.3 is 6.18 Å². The number of nitrogens with zero attached hydrogens (tertiary/aromatic N) is 4. The lowest BCUT2D eigenvalue weighted by Crippen LogP contribution is -2.26. The molecule has 8 heteroatoms. The first-order chi connectivity index (χ1) is 13.1. The molecule has 148 valence electrons. The van der Waals surface area contributed by atoms with Crippen LogP contribution < -0.4 is 0 Å². The molecule has 0 bridgehead atoms. The molecule has 0 saturated carbocycles. The Morgan fingerprint density at radius 2 is 1.86 bits per heavy atom. The zero-order chi connectivity index (χ0) is 20.6. The molecular formula is C20H21F3N4O. The molecule has 2 heterocycles. The Bertz CT molecular complexity index is 1010. The van der Waals surface area contributed by atoms with Gasteiger partial charge in [-0.1, -0.05) is 12.1 Å². The van der Waals surface area contributed by atoms with Crippen molar-refractivity contribution in [1.29, 1.82) is 0 Å². The van der Waals surface area contributed by atoms with Crippen molar-refractivity contribution in [2.24, 2.45) is 0 Å². The third kappa shape index (κ3) is 3.85. The number of hydrogen-bond donors (Lipinski definition) is 0. The molecule has 1 aromatic carbocycles. The normalized spacial score (nSPS) is 12.0. The van der Waals surface area contributed by atoms with Gasteiger partial charge in [-0.3, -0.25) is 4.79 Å². The Balaban J connectivity index is 1.87. The first-order valence-electron chi connectivity index (χ1n) is 8.84. The van der Waals surface area contributed by atoms with Crippen molar-refractivity contribution in [2.45, 2.75) is 39.5 Å². The molecule has 0 aliphatic rings. The largest absolute Gasteiger partial charge is 0.416 e. The molecule has 2 aromatic heterocycles. The van der Waals surface area contributed by atoms with E-state index in [1.165, 1.54) is 17.0 Å². The van der Waals surface area contributed by atoms with Crippen molar-refractivity contribution >= 4 is 16.9 Å². The highest BCUT2D eigenvalue weighted by Crippen LogP contribution is 2.29. The number of carbonyl (C=O) groups is 1. The predicted octanol–water partition coefficient (Wildman–Crippen LogP) is 4.61. The van der Waals surface area contributed by atoms with Crippen LogP contribution in [0.15, 0.2) is 36.5 Å². The number of aryl methyl sites for hydroxylation is 1. The van der Waals surface area contributed by atoms with Crippen molar-refractivity contribution in [1.82, 2.24) is 19.7 Å². The zero-order valence-corrected chi connectivity index (χ0v) is 16.1. The second-order valence-electron chi connectivity index (χ2n) is 7.09. The fraction of sp³-hybridized carbons (Fsp3) is 0.350. The molecule has 0 atom stereocenters. The Morgan fingerprint density at radius 3 is 2.43 bits per heavy atom. The maximum absolute atomic E-state index is 13.0. The van der Waals surface area contributed by atoms with Gasteiger partial charge in [-0.15, -0.1) is 0 Å². The van der Waals surface area contributed by atoms with E-state index in [1.54, 1.807) is 24.0 Å². The summed E-state index contributed by atoms with van der Waals surface area (Å²) in [5, 5.41) is 4.99. The van der Waals surface area contributed by atoms with Crippen molar-refractivity contribution < 1.29 is 18.0 Å². The smallest absolute Gasteiger partial charge is 0.337 e. The third-order valence-corrected chi connectivity index (χ3v) is 4.46. The Morgan fingerprint density at radius 1 is 1.21 bits per heavy atom. The van der Waals surface area contributed by atoms with Gasteiger partial charge in [0, 0.05) is 25.3 Å². The summed E-state index contributed by atoms with van der Waals surface area (Å²) in [4.78, 5) is 19.0. The lowest BCUT2D eigenvalue weighted by Gasteiger charge is -2.18. The van der Waals surface area contributed by atoms with Gasteiger partial charge in [0.05, 0.1) is 22.7 Å². The molecule has 0 N–H and O–H groups in total. The van der Waals surface area contributed by atoms with Crippen molar-refractivity contribution in [3.8, 4) is 0 Å². The van der Waals surface area contributed by atoms with Gasteiger partial charge in [-0.2, -0.15) is 18.3 Å². The number of alkyl halides is 3. The number of amides is 1. The summed E-state index contributed by atoms with van der Waals surface area (Å²) in [5.41, 5.74) is 1.72. The number of hydrogen-bond acceptors (Lipinski definition) is 3. The maximum Gasteiger partial charge on any atom is 0.416 e. The van der Waals surface area contributed by atoms with Crippen LogP contribution in [0.1, 0.15) is 47.1 Å². The molecule has 3 rings (SSSR count). The standard InChI is InChI=1S/C20H21F3N4O/c1-12(2)27-18-17(10-24-27)16(9-13(3)25-18)19(28)26(4)11-14-5-7-15(8-6-14)20(21,22)23/h5-10,12H,11H2,1-4H3. The number of benzene rings is 1. The number of rotatable bonds is 4. The van der Waals surface area contributed by atoms with E-state index >= 15 is 0 Å². The second-order valence-corrected chi connectivity index (χ2v) is 7.09. The van der Waals surface area contributed by atoms with Gasteiger partial charge in [-0.05, 0) is 44.5 Å². The minimum Gasteiger partial charge on any atom is -0.337 e. The Hall–Kier alpha value is -2.90. The van der Waals surface area contributed by atoms with Crippen LogP contribution in [0.4, 0.5) is 13.2 Å². The van der Waals surface area contributed by atoms with Crippen molar-refractivity contribution in [3.05, 3.63) is 58.9 Å². The SMILES string of the molecule is Cc1cc(C(=O)N(C)Cc2ccc(C(F)(F)F)cc2)c2cnn(C(C)C)c2n1. The number of aromatic nitrogens is 3. The molecule has 0 unspecified atom stereocenters. The van der Waals surface area contributed by atoms with Gasteiger partial charge in [0.1, 0.15) is 0 Å². The number of carbonyl (C=O) groups excluding carboxylic acids is 1. The summed E-state index contributed by atoms with van der Waals surface area (Å²) < 4.78 is 39.9. The summed E-state index contributed by atoms with van der Waals surface area (Å²) in [6.45, 7) is 5.96. The molecule has 28 heavy (non-hydrogen) atoms. The third-order valence-electron chi connectivity index (χ3n) is 4.46. The molecule has 0 radical (unpaired) electrons. The van der Waals surface area contributed by atoms with E-state index in [1.807, 2.05) is 20.8 Å². The van der Waals surface area contributed by atoms with Crippen LogP contribution >= 0.6 is 0 Å². The quantitative estimate of drug-likeness (QED) is 0.654. The van der Waals surface area contributed by atoms with E-state index in [9.17, 15) is 18.0 Å². The zero-order valence-electron chi connectivity index (χ0n) is 16.1. The summed E-state index contributed by atoms with van der Waals surface area (Å²) in [5.74, 6) is -0.237. The molecule has 0 aliphatic heterocycles. The minimum absolute atomic E-state index is 0.0969. The minimum atomic E-state index is -4.38. The van der Waals surface area contributed by atoms with Gasteiger partial charge in [0.2, 0.25) is 0 Å². The molecule has 0 aliphatic carbocycles. The highest BCUT2D eigenvalue weighted by atomic mass is 19.4. The van der Waals surface area contributed by atoms with Crippen molar-refractivity contribution in [2.75, 3.05) is 7.05 Å². The van der Waals surface area contributed by atoms with Crippen LogP contribution in [0.25, 0.3) is 11.0 Å². The highest BCUT2D eigenvalue weighted by molar-refractivity contribution is 6.05. The first kappa shape index (κ1) is 19.9. The van der Waals surface area contributed by atoms with Gasteiger partial charge in [0.25, 0.3) is 5.91 Å². The monoisotopic (exact) mass is 390 g/mol. The van der Waals surface area contributed by atoms with E-state index in [4.69, 9.17) is 0 Å². The number of pyridine rings is 1. The predicted molar refractivity (Wildman–Crippen MR) is 99.9 cm³/mol. The molecule has 0 spiro atoms. The van der Waals surface area contributed by atoms with Gasteiger partial charge in [-0.25, -0.2) is 9.67 Å². The molecule has 3 aromatic rings. The summed E-state index contributed by atoms with van der Waals surface area (Å²) in [6.07, 6.45) is -2.75. The van der Waals surface area contributed by atoms with E-state index in [2.05, 4.69) is 10.1 Å². The molecule has 0 fully saturated rings. The lowest BCUT2D eigenvalue weighted by atomic mass is 10.1. The average Bonchev–Trinajstić information content (AvgIpc) is 3.04. The maximum atomic E-state index is 13.0. The van der Waals surface area contributed by atoms with Crippen LogP contribution in [-0.4, -0.2) is 32.6 Å². The topological polar surface area (TPSA) is 51.0 Å². The van der Waals surface area contributed by atoms with Crippen LogP contribution in [0.2, 0.25) is 0 Å². The summed E-state index contributed by atoms with van der Waals surface area (Å²) in [6, 6.07) is 6.62. The summed E-state index contributed by atoms with van der Waals surface area (Å²) >= 11 is 0. The molecular weight excluding hydrogens is 369 g/mol. The summed E-state index contributed by atoms with van der Waals surface area (Å²) in [7, 11) is 1.62. The van der Waals surface area contributed by atoms with Crippen LogP contribution in [0.5, 0.6) is 0 Å². The van der Waals surface area contributed by atoms with E-state index in [-0.39, 0.29) is 18.5 Å². The van der Waals surface area contributed by atoms with E-state index in [0.717, 1.165) is 12.1 Å². The number of fused-ring (bicyclic) bond motifs is 1. The van der Waals surface area contributed by atoms with Gasteiger partial charge < -0.3 is 4.90 Å². The number of halogens is 3. The Kier molecular flexibility index (Phi) is 5.14. The van der Waals surface area contributed by atoms with Gasteiger partial charge in [0.15, 0.2) is 5.65 Å². The highest BCUT2D eigenvalue weighted by Gasteiger charge is 2.30. The van der Waals surface area contributed by atoms with Crippen molar-refractivity contribution in [3.63, 3.8) is 0 Å². The van der Waals surface area contributed by atoms with Crippen LogP contribution in [0.3, 0.4) is 0 Å². The second kappa shape index (κ2) is 7.26. The molecule has 1 amide bonds. The fourth-order valence-electron chi connectivity index (χ4n) is 3.05. The van der Waals surface area contributed by atoms with Crippen LogP contribution in [-0.2, 0) is 12.7 Å². The average molecular weight is 390 g/mol. The first-order valence-corrected chi connectivity index (χ1v) is 8.84. The lowest BCUT2D eigenvalue weighted by molar-refractivity contribution is -0.137. The molecule has 0 saturated heterocycles. The Labute approximate surface area is 160 Å². The van der Waals surface area contributed by atoms with Crippen LogP contribution in [0, 0.1) is 6.92 Å². The van der Waals surface area contributed by atoms with E-state index < -0.39 is 11.7 Å². The fourth-order valence-corrected chi connectivity index (χ4v) is 3.05.